The predicted molar refractivity (Wildman–Crippen MR) is 156 cm³/mol. The first-order valence-electron chi connectivity index (χ1n) is 12.6. The van der Waals surface area contributed by atoms with Crippen LogP contribution in [-0.2, 0) is 7.05 Å². The van der Waals surface area contributed by atoms with Crippen molar-refractivity contribution in [3.05, 3.63) is 96.2 Å². The topological polar surface area (TPSA) is 40.8 Å². The van der Waals surface area contributed by atoms with Crippen LogP contribution >= 0.6 is 0 Å². The number of pyridine rings is 1. The van der Waals surface area contributed by atoms with Gasteiger partial charge in [0.05, 0.1) is 0 Å². The van der Waals surface area contributed by atoms with Gasteiger partial charge < -0.3 is 0 Å². The van der Waals surface area contributed by atoms with Gasteiger partial charge >= 0.3 is 202 Å². The van der Waals surface area contributed by atoms with Crippen LogP contribution in [0.15, 0.2) is 89.5 Å². The van der Waals surface area contributed by atoms with Crippen LogP contribution in [0.3, 0.4) is 0 Å². The molecule has 180 valence electrons. The number of rotatable bonds is 3. The van der Waals surface area contributed by atoms with Crippen LogP contribution in [0.2, 0.25) is 17.3 Å². The number of nitrogens with zero attached hydrogens (tertiary/aromatic N) is 2. The van der Waals surface area contributed by atoms with Crippen molar-refractivity contribution in [1.29, 1.82) is 5.26 Å². The minimum absolute atomic E-state index is 0.619. The molecule has 0 aliphatic heterocycles. The number of benzene rings is 4. The summed E-state index contributed by atoms with van der Waals surface area (Å²) in [7, 11) is 2.10. The van der Waals surface area contributed by atoms with E-state index in [2.05, 4.69) is 103 Å². The van der Waals surface area contributed by atoms with E-state index < -0.39 is 13.3 Å². The Kier molecular flexibility index (Phi) is 5.47. The third-order valence-corrected chi connectivity index (χ3v) is 11.7. The Balaban J connectivity index is 1.69. The number of fused-ring (bicyclic) bond motifs is 4. The molecule has 3 nitrogen and oxygen atoms in total. The summed E-state index contributed by atoms with van der Waals surface area (Å²) in [6.07, 6.45) is 2.18. The zero-order valence-corrected chi connectivity index (χ0v) is 24.0. The summed E-state index contributed by atoms with van der Waals surface area (Å²) in [5, 5.41) is 14.5. The van der Waals surface area contributed by atoms with Crippen molar-refractivity contribution >= 4 is 50.4 Å². The van der Waals surface area contributed by atoms with E-state index in [1.54, 1.807) is 0 Å². The van der Waals surface area contributed by atoms with Gasteiger partial charge in [-0.2, -0.15) is 0 Å². The van der Waals surface area contributed by atoms with Crippen LogP contribution in [0.1, 0.15) is 11.1 Å². The summed E-state index contributed by atoms with van der Waals surface area (Å²) >= 11 is -2.04. The predicted octanol–water partition coefficient (Wildman–Crippen LogP) is 7.62. The maximum absolute atomic E-state index is 10.1. The summed E-state index contributed by atoms with van der Waals surface area (Å²) in [4.78, 5) is 0. The molecule has 6 aromatic rings. The Bertz CT molecular complexity index is 1900. The molecule has 0 aliphatic carbocycles. The molecule has 2 aromatic heterocycles. The van der Waals surface area contributed by atoms with Crippen LogP contribution in [0.25, 0.3) is 55.1 Å². The molecule has 0 fully saturated rings. The molecule has 0 atom stereocenters. The Morgan fingerprint density at radius 3 is 2.22 bits per heavy atom. The summed E-state index contributed by atoms with van der Waals surface area (Å²) in [6, 6.07) is 30.0. The molecule has 0 saturated heterocycles. The van der Waals surface area contributed by atoms with Crippen LogP contribution in [-0.4, -0.2) is 13.3 Å². The van der Waals surface area contributed by atoms with E-state index in [4.69, 9.17) is 4.42 Å². The summed E-state index contributed by atoms with van der Waals surface area (Å²) in [6.45, 7) is 2.15. The van der Waals surface area contributed by atoms with E-state index in [1.165, 1.54) is 15.3 Å². The van der Waals surface area contributed by atoms with Crippen molar-refractivity contribution in [3.63, 3.8) is 0 Å². The normalized spacial score (nSPS) is 11.9. The summed E-state index contributed by atoms with van der Waals surface area (Å²) in [5.41, 5.74) is 7.56. The van der Waals surface area contributed by atoms with E-state index in [-0.39, 0.29) is 0 Å². The maximum atomic E-state index is 10.1. The molecule has 0 bridgehead atoms. The van der Waals surface area contributed by atoms with Crippen LogP contribution in [0.5, 0.6) is 0 Å². The molecule has 0 aliphatic rings. The van der Waals surface area contributed by atoms with E-state index in [9.17, 15) is 5.26 Å². The molecule has 0 spiro atoms. The first-order valence-corrected chi connectivity index (χ1v) is 20.0. The monoisotopic (exact) mass is 543 g/mol. The standard InChI is InChI=1S/C33H29GeN2O/c1-21-10-14-27-28-15-13-25(20-35)31(24-12-11-22-8-6-7-9-23(22)18-24)33(28)37-32(27)30(21)29-19-26(34(2,3)4)16-17-36(29)5/h6-19H,1-5H3/q+1. The van der Waals surface area contributed by atoms with Crippen molar-refractivity contribution in [2.45, 2.75) is 24.2 Å². The quantitative estimate of drug-likeness (QED) is 0.171. The molecule has 0 amide bonds. The van der Waals surface area contributed by atoms with Gasteiger partial charge in [-0.3, -0.25) is 0 Å². The Hall–Kier alpha value is -3.88. The van der Waals surface area contributed by atoms with Crippen molar-refractivity contribution in [2.24, 2.45) is 7.05 Å². The molecule has 0 saturated carbocycles. The molecule has 0 N–H and O–H groups in total. The second-order valence-electron chi connectivity index (χ2n) is 10.9. The van der Waals surface area contributed by atoms with Crippen molar-refractivity contribution in [2.75, 3.05) is 0 Å². The molecule has 0 radical (unpaired) electrons. The van der Waals surface area contributed by atoms with Gasteiger partial charge in [0.2, 0.25) is 0 Å². The van der Waals surface area contributed by atoms with Gasteiger partial charge in [-0.1, -0.05) is 18.2 Å². The molecule has 6 rings (SSSR count). The van der Waals surface area contributed by atoms with Crippen LogP contribution < -0.4 is 8.96 Å². The number of hydrogen-bond acceptors (Lipinski definition) is 2. The Morgan fingerprint density at radius 2 is 1.49 bits per heavy atom. The zero-order chi connectivity index (χ0) is 25.9. The Labute approximate surface area is 219 Å². The van der Waals surface area contributed by atoms with Gasteiger partial charge in [-0.05, 0) is 0 Å². The Morgan fingerprint density at radius 1 is 0.784 bits per heavy atom. The van der Waals surface area contributed by atoms with Gasteiger partial charge in [0.1, 0.15) is 0 Å². The number of nitriles is 1. The van der Waals surface area contributed by atoms with E-state index in [1.807, 2.05) is 24.3 Å². The number of aryl methyl sites for hydroxylation is 2. The molecule has 2 heterocycles. The molecule has 0 unspecified atom stereocenters. The van der Waals surface area contributed by atoms with Gasteiger partial charge in [-0.25, -0.2) is 0 Å². The average Bonchev–Trinajstić information content (AvgIpc) is 3.26. The number of hydrogen-bond donors (Lipinski definition) is 0. The van der Waals surface area contributed by atoms with Crippen molar-refractivity contribution in [3.8, 4) is 28.5 Å². The minimum atomic E-state index is -2.04. The van der Waals surface area contributed by atoms with E-state index >= 15 is 0 Å². The van der Waals surface area contributed by atoms with Crippen molar-refractivity contribution < 1.29 is 8.98 Å². The van der Waals surface area contributed by atoms with Gasteiger partial charge in [0.25, 0.3) is 0 Å². The third-order valence-electron chi connectivity index (χ3n) is 7.45. The second-order valence-corrected chi connectivity index (χ2v) is 21.6. The van der Waals surface area contributed by atoms with Crippen LogP contribution in [0.4, 0.5) is 0 Å². The SMILES string of the molecule is Cc1ccc2c(oc3c(-c4ccc5ccccc5c4)c(C#N)ccc32)c1-c1c[c]([Ge]([CH3])([CH3])[CH3])cc[n+]1C. The van der Waals surface area contributed by atoms with E-state index in [0.29, 0.717) is 5.56 Å². The number of aromatic nitrogens is 1. The van der Waals surface area contributed by atoms with Crippen LogP contribution in [0, 0.1) is 18.3 Å². The molecular formula is C33H29GeN2O+. The fourth-order valence-corrected chi connectivity index (χ4v) is 7.73. The third kappa shape index (κ3) is 3.84. The van der Waals surface area contributed by atoms with E-state index in [0.717, 1.165) is 49.7 Å². The molecule has 4 aromatic carbocycles. The first kappa shape index (κ1) is 23.5. The van der Waals surface area contributed by atoms with Gasteiger partial charge in [0, 0.05) is 0 Å². The summed E-state index contributed by atoms with van der Waals surface area (Å²) in [5.74, 6) is 7.27. The molecule has 4 heteroatoms. The molecule has 37 heavy (non-hydrogen) atoms. The molecular weight excluding hydrogens is 513 g/mol. The second kappa shape index (κ2) is 8.61. The first-order chi connectivity index (χ1) is 17.8. The number of furan rings is 1. The fraction of sp³-hybridized carbons (Fsp3) is 0.152. The average molecular weight is 542 g/mol. The fourth-order valence-electron chi connectivity index (χ4n) is 5.33. The van der Waals surface area contributed by atoms with Crippen molar-refractivity contribution in [1.82, 2.24) is 0 Å². The van der Waals surface area contributed by atoms with Gasteiger partial charge in [0.15, 0.2) is 0 Å². The summed E-state index contributed by atoms with van der Waals surface area (Å²) < 4.78 is 10.4. The zero-order valence-electron chi connectivity index (χ0n) is 21.9. The van der Waals surface area contributed by atoms with Gasteiger partial charge in [-0.15, -0.1) is 0 Å².